The van der Waals surface area contributed by atoms with Gasteiger partial charge in [0.25, 0.3) is 0 Å². The number of ether oxygens (including phenoxy) is 1. The number of benzene rings is 2. The Balaban J connectivity index is 1.22. The molecule has 1 aliphatic heterocycles. The lowest BCUT2D eigenvalue weighted by atomic mass is 10.0. The summed E-state index contributed by atoms with van der Waals surface area (Å²) in [4.78, 5) is 50.5. The average Bonchev–Trinajstić information content (AvgIpc) is 3.85. The highest BCUT2D eigenvalue weighted by Gasteiger charge is 2.57. The van der Waals surface area contributed by atoms with Crippen molar-refractivity contribution >= 4 is 35.0 Å². The third kappa shape index (κ3) is 7.63. The highest BCUT2D eigenvalue weighted by atomic mass is 19.1. The molecule has 1 saturated carbocycles. The lowest BCUT2D eigenvalue weighted by Crippen LogP contribution is -2.47. The van der Waals surface area contributed by atoms with Gasteiger partial charge >= 0.3 is 6.03 Å². The second-order valence-corrected chi connectivity index (χ2v) is 12.3. The van der Waals surface area contributed by atoms with E-state index in [1.807, 2.05) is 0 Å². The lowest BCUT2D eigenvalue weighted by molar-refractivity contribution is -0.133. The highest BCUT2D eigenvalue weighted by molar-refractivity contribution is 6.16. The number of rotatable bonds is 12. The quantitative estimate of drug-likeness (QED) is 0.275. The van der Waals surface area contributed by atoms with Crippen molar-refractivity contribution in [3.05, 3.63) is 72.7 Å². The van der Waals surface area contributed by atoms with Gasteiger partial charge in [-0.1, -0.05) is 18.2 Å². The Hall–Kier alpha value is -4.55. The molecule has 0 spiro atoms. The maximum atomic E-state index is 15.6. The lowest BCUT2D eigenvalue weighted by Gasteiger charge is -2.36. The molecule has 2 heterocycles. The molecule has 2 aliphatic rings. The van der Waals surface area contributed by atoms with Crippen LogP contribution in [0.5, 0.6) is 11.5 Å². The van der Waals surface area contributed by atoms with E-state index in [0.29, 0.717) is 30.1 Å². The maximum absolute atomic E-state index is 15.6. The van der Waals surface area contributed by atoms with Gasteiger partial charge in [-0.15, -0.1) is 0 Å². The molecule has 1 aromatic heterocycles. The number of hydrogen-bond donors (Lipinski definition) is 2. The Kier molecular flexibility index (Phi) is 10.2. The van der Waals surface area contributed by atoms with E-state index in [-0.39, 0.29) is 23.5 Å². The molecular formula is C34H42FN7O4. The van der Waals surface area contributed by atoms with Gasteiger partial charge in [0.05, 0.1) is 5.69 Å². The van der Waals surface area contributed by atoms with Crippen molar-refractivity contribution in [3.63, 3.8) is 0 Å². The number of halogens is 1. The van der Waals surface area contributed by atoms with Crippen molar-refractivity contribution in [2.45, 2.75) is 38.1 Å². The van der Waals surface area contributed by atoms with E-state index in [4.69, 9.17) is 10.5 Å². The van der Waals surface area contributed by atoms with Crippen LogP contribution in [0, 0.1) is 11.2 Å². The zero-order chi connectivity index (χ0) is 32.8. The van der Waals surface area contributed by atoms with Crippen LogP contribution in [0.15, 0.2) is 66.9 Å². The van der Waals surface area contributed by atoms with E-state index in [9.17, 15) is 14.4 Å². The summed E-state index contributed by atoms with van der Waals surface area (Å²) in [6, 6.07) is 15.7. The highest BCUT2D eigenvalue weighted by Crippen LogP contribution is 2.49. The van der Waals surface area contributed by atoms with Crippen molar-refractivity contribution < 1.29 is 23.5 Å². The molecule has 11 nitrogen and oxygen atoms in total. The SMILES string of the molecule is CN(C)CCCN1CCC(N(C)C(=O)Nc2cc(Oc3ccc(N(C(=O)C4(C(N)=O)CC4)c4ccccc4)c(F)c3)ccn2)CC1. The normalized spacial score (nSPS) is 16.1. The molecule has 12 heteroatoms. The van der Waals surface area contributed by atoms with Crippen molar-refractivity contribution in [2.24, 2.45) is 11.1 Å². The molecule has 3 aromatic rings. The Morgan fingerprint density at radius 3 is 2.35 bits per heavy atom. The number of likely N-dealkylation sites (tertiary alicyclic amines) is 1. The smallest absolute Gasteiger partial charge is 0.323 e. The predicted octanol–water partition coefficient (Wildman–Crippen LogP) is 4.82. The first-order chi connectivity index (χ1) is 22.1. The molecule has 3 N–H and O–H groups in total. The summed E-state index contributed by atoms with van der Waals surface area (Å²) in [6.07, 6.45) is 5.07. The second-order valence-electron chi connectivity index (χ2n) is 12.3. The van der Waals surface area contributed by atoms with Crippen LogP contribution in [0.3, 0.4) is 0 Å². The van der Waals surface area contributed by atoms with E-state index in [1.54, 1.807) is 54.4 Å². The standard InChI is InChI=1S/C34H42FN7O4/c1-39(2)18-7-19-41-20-13-24(14-21-41)40(3)33(45)38-30-23-27(12-17-37-30)46-26-10-11-29(28(35)22-26)42(25-8-5-4-6-9-25)32(44)34(15-16-34)31(36)43/h4-6,8-12,17,22-24H,7,13-16,18-21H2,1-3H3,(H2,36,43)(H,37,38,45). The fraction of sp³-hybridized carbons (Fsp3) is 0.412. The number of nitrogens with zero attached hydrogens (tertiary/aromatic N) is 5. The topological polar surface area (TPSA) is 124 Å². The van der Waals surface area contributed by atoms with E-state index in [2.05, 4.69) is 34.2 Å². The van der Waals surface area contributed by atoms with E-state index >= 15 is 4.39 Å². The monoisotopic (exact) mass is 631 g/mol. The number of piperidine rings is 1. The molecule has 46 heavy (non-hydrogen) atoms. The van der Waals surface area contributed by atoms with Gasteiger partial charge in [-0.2, -0.15) is 0 Å². The molecule has 0 atom stereocenters. The van der Waals surface area contributed by atoms with Gasteiger partial charge in [0.1, 0.15) is 22.7 Å². The Labute approximate surface area is 269 Å². The molecule has 0 bridgehead atoms. The number of hydrogen-bond acceptors (Lipinski definition) is 7. The average molecular weight is 632 g/mol. The van der Waals surface area contributed by atoms with Crippen LogP contribution in [-0.4, -0.2) is 90.9 Å². The minimum Gasteiger partial charge on any atom is -0.457 e. The number of anilines is 3. The molecular weight excluding hydrogens is 589 g/mol. The number of pyridine rings is 1. The molecule has 5 rings (SSSR count). The van der Waals surface area contributed by atoms with E-state index in [1.165, 1.54) is 29.3 Å². The van der Waals surface area contributed by atoms with Crippen LogP contribution in [0.2, 0.25) is 0 Å². The van der Waals surface area contributed by atoms with Gasteiger partial charge in [-0.05, 0) is 89.6 Å². The summed E-state index contributed by atoms with van der Waals surface area (Å²) in [7, 11) is 5.96. The summed E-state index contributed by atoms with van der Waals surface area (Å²) in [5, 5.41) is 2.84. The van der Waals surface area contributed by atoms with Gasteiger partial charge < -0.3 is 25.2 Å². The number of para-hydroxylation sites is 1. The van der Waals surface area contributed by atoms with Gasteiger partial charge in [-0.25, -0.2) is 14.2 Å². The fourth-order valence-corrected chi connectivity index (χ4v) is 5.76. The third-order valence-corrected chi connectivity index (χ3v) is 8.72. The number of carbonyl (C=O) groups is 3. The Morgan fingerprint density at radius 2 is 1.72 bits per heavy atom. The van der Waals surface area contributed by atoms with Crippen LogP contribution in [0.1, 0.15) is 32.1 Å². The molecule has 0 radical (unpaired) electrons. The number of primary amides is 1. The van der Waals surface area contributed by atoms with Gasteiger partial charge in [0.2, 0.25) is 11.8 Å². The van der Waals surface area contributed by atoms with Crippen molar-refractivity contribution in [1.82, 2.24) is 19.7 Å². The molecule has 0 unspecified atom stereocenters. The minimum absolute atomic E-state index is 0.0267. The van der Waals surface area contributed by atoms with Gasteiger partial charge in [-0.3, -0.25) is 19.8 Å². The molecule has 4 amide bonds. The largest absolute Gasteiger partial charge is 0.457 e. The number of urea groups is 1. The summed E-state index contributed by atoms with van der Waals surface area (Å²) >= 11 is 0. The molecule has 244 valence electrons. The first-order valence-corrected chi connectivity index (χ1v) is 15.6. The van der Waals surface area contributed by atoms with Crippen LogP contribution >= 0.6 is 0 Å². The maximum Gasteiger partial charge on any atom is 0.323 e. The zero-order valence-corrected chi connectivity index (χ0v) is 26.6. The first-order valence-electron chi connectivity index (χ1n) is 15.6. The van der Waals surface area contributed by atoms with Crippen molar-refractivity contribution in [3.8, 4) is 11.5 Å². The molecule has 2 aromatic carbocycles. The summed E-state index contributed by atoms with van der Waals surface area (Å²) < 4.78 is 21.5. The van der Waals surface area contributed by atoms with Crippen LogP contribution in [0.4, 0.5) is 26.4 Å². The third-order valence-electron chi connectivity index (χ3n) is 8.72. The second kappa shape index (κ2) is 14.3. The van der Waals surface area contributed by atoms with Crippen LogP contribution in [0.25, 0.3) is 0 Å². The van der Waals surface area contributed by atoms with Gasteiger partial charge in [0, 0.05) is 50.2 Å². The number of nitrogens with one attached hydrogen (secondary N) is 1. The van der Waals surface area contributed by atoms with Crippen molar-refractivity contribution in [2.75, 3.05) is 57.5 Å². The summed E-state index contributed by atoms with van der Waals surface area (Å²) in [6.45, 7) is 4.03. The summed E-state index contributed by atoms with van der Waals surface area (Å²) in [5.41, 5.74) is 4.61. The molecule has 1 saturated heterocycles. The number of amides is 4. The predicted molar refractivity (Wildman–Crippen MR) is 175 cm³/mol. The van der Waals surface area contributed by atoms with Crippen LogP contribution in [-0.2, 0) is 9.59 Å². The molecule has 2 fully saturated rings. The van der Waals surface area contributed by atoms with Crippen molar-refractivity contribution in [1.29, 1.82) is 0 Å². The Bertz CT molecular complexity index is 1540. The molecule has 1 aliphatic carbocycles. The number of aromatic nitrogens is 1. The number of carbonyl (C=O) groups excluding carboxylic acids is 3. The minimum atomic E-state index is -1.34. The first kappa shape index (κ1) is 32.8. The van der Waals surface area contributed by atoms with Crippen LogP contribution < -0.4 is 20.7 Å². The van der Waals surface area contributed by atoms with E-state index in [0.717, 1.165) is 45.4 Å². The van der Waals surface area contributed by atoms with Gasteiger partial charge in [0.15, 0.2) is 5.82 Å². The summed E-state index contributed by atoms with van der Waals surface area (Å²) in [5.74, 6) is -1.19. The number of nitrogens with two attached hydrogens (primary N) is 1. The Morgan fingerprint density at radius 1 is 1.02 bits per heavy atom. The van der Waals surface area contributed by atoms with E-state index < -0.39 is 23.0 Å². The zero-order valence-electron chi connectivity index (χ0n) is 26.6. The fourth-order valence-electron chi connectivity index (χ4n) is 5.76.